The number of hydrogen-bond donors (Lipinski definition) is 2. The van der Waals surface area contributed by atoms with Gasteiger partial charge in [0.15, 0.2) is 5.96 Å². The summed E-state index contributed by atoms with van der Waals surface area (Å²) in [4.78, 5) is 14.3. The van der Waals surface area contributed by atoms with E-state index < -0.39 is 0 Å². The Hall–Kier alpha value is -2.30. The first-order valence-electron chi connectivity index (χ1n) is 8.40. The third-order valence-electron chi connectivity index (χ3n) is 3.83. The lowest BCUT2D eigenvalue weighted by Gasteiger charge is -2.23. The number of imidazole rings is 1. The van der Waals surface area contributed by atoms with Gasteiger partial charge in [-0.25, -0.2) is 4.98 Å². The highest BCUT2D eigenvalue weighted by Crippen LogP contribution is 2.17. The van der Waals surface area contributed by atoms with Gasteiger partial charge in [0.2, 0.25) is 0 Å². The van der Waals surface area contributed by atoms with E-state index in [1.807, 2.05) is 38.5 Å². The molecule has 0 amide bonds. The zero-order valence-electron chi connectivity index (χ0n) is 15.4. The van der Waals surface area contributed by atoms with E-state index in [4.69, 9.17) is 0 Å². The number of rotatable bonds is 5. The summed E-state index contributed by atoms with van der Waals surface area (Å²) in [6.07, 6.45) is 2.98. The lowest BCUT2D eigenvalue weighted by Crippen LogP contribution is -2.39. The summed E-state index contributed by atoms with van der Waals surface area (Å²) in [6.45, 7) is 8.33. The molecule has 5 heteroatoms. The van der Waals surface area contributed by atoms with Crippen LogP contribution in [0.3, 0.4) is 0 Å². The monoisotopic (exact) mass is 327 g/mol. The summed E-state index contributed by atoms with van der Waals surface area (Å²) in [6, 6.07) is 10.2. The third-order valence-corrected chi connectivity index (χ3v) is 3.83. The van der Waals surface area contributed by atoms with Crippen LogP contribution < -0.4 is 5.32 Å². The average Bonchev–Trinajstić information content (AvgIpc) is 3.00. The predicted molar refractivity (Wildman–Crippen MR) is 101 cm³/mol. The standard InChI is InChI=1S/C19H29N5/c1-19(2,3)11-12-21-18(20-4)24(5)14-17-22-13-16(23-17)15-9-7-6-8-10-15/h6-10,13H,11-12,14H2,1-5H3,(H,20,21)(H,22,23). The lowest BCUT2D eigenvalue weighted by atomic mass is 9.92. The van der Waals surface area contributed by atoms with Gasteiger partial charge in [-0.05, 0) is 17.4 Å². The van der Waals surface area contributed by atoms with E-state index in [0.717, 1.165) is 36.0 Å². The van der Waals surface area contributed by atoms with Crippen molar-refractivity contribution in [3.8, 4) is 11.3 Å². The van der Waals surface area contributed by atoms with Crippen molar-refractivity contribution in [2.45, 2.75) is 33.7 Å². The van der Waals surface area contributed by atoms with Crippen LogP contribution in [-0.2, 0) is 6.54 Å². The van der Waals surface area contributed by atoms with Crippen molar-refractivity contribution in [1.82, 2.24) is 20.2 Å². The van der Waals surface area contributed by atoms with Gasteiger partial charge < -0.3 is 15.2 Å². The summed E-state index contributed by atoms with van der Waals surface area (Å²) in [5, 5.41) is 3.42. The third kappa shape index (κ3) is 5.41. The fourth-order valence-electron chi connectivity index (χ4n) is 2.44. The minimum atomic E-state index is 0.315. The van der Waals surface area contributed by atoms with E-state index in [9.17, 15) is 0 Å². The Bertz CT molecular complexity index is 652. The molecule has 1 heterocycles. The second-order valence-electron chi connectivity index (χ2n) is 7.25. The zero-order chi connectivity index (χ0) is 17.6. The molecule has 0 saturated heterocycles. The average molecular weight is 327 g/mol. The van der Waals surface area contributed by atoms with Gasteiger partial charge in [0.1, 0.15) is 5.82 Å². The number of benzene rings is 1. The Morgan fingerprint density at radius 2 is 1.96 bits per heavy atom. The van der Waals surface area contributed by atoms with Gasteiger partial charge in [-0.2, -0.15) is 0 Å². The predicted octanol–water partition coefficient (Wildman–Crippen LogP) is 3.52. The van der Waals surface area contributed by atoms with Crippen LogP contribution in [0.2, 0.25) is 0 Å². The van der Waals surface area contributed by atoms with Crippen LogP contribution in [0.1, 0.15) is 33.0 Å². The van der Waals surface area contributed by atoms with Crippen LogP contribution in [0.5, 0.6) is 0 Å². The minimum absolute atomic E-state index is 0.315. The minimum Gasteiger partial charge on any atom is -0.356 e. The summed E-state index contributed by atoms with van der Waals surface area (Å²) in [5.74, 6) is 1.81. The molecule has 0 radical (unpaired) electrons. The van der Waals surface area contributed by atoms with E-state index in [-0.39, 0.29) is 0 Å². The molecule has 0 aliphatic carbocycles. The van der Waals surface area contributed by atoms with Crippen LogP contribution >= 0.6 is 0 Å². The number of nitrogens with one attached hydrogen (secondary N) is 2. The van der Waals surface area contributed by atoms with Crippen LogP contribution in [-0.4, -0.2) is 41.5 Å². The maximum Gasteiger partial charge on any atom is 0.193 e. The van der Waals surface area contributed by atoms with E-state index in [2.05, 4.69) is 58.1 Å². The molecule has 0 bridgehead atoms. The molecule has 0 spiro atoms. The highest BCUT2D eigenvalue weighted by Gasteiger charge is 2.12. The van der Waals surface area contributed by atoms with Gasteiger partial charge in [-0.15, -0.1) is 0 Å². The van der Waals surface area contributed by atoms with Crippen molar-refractivity contribution in [3.63, 3.8) is 0 Å². The maximum absolute atomic E-state index is 4.49. The smallest absolute Gasteiger partial charge is 0.193 e. The number of hydrogen-bond acceptors (Lipinski definition) is 2. The number of aromatic amines is 1. The number of H-pyrrole nitrogens is 1. The first kappa shape index (κ1) is 18.0. The molecule has 0 atom stereocenters. The van der Waals surface area contributed by atoms with Crippen molar-refractivity contribution in [3.05, 3.63) is 42.4 Å². The van der Waals surface area contributed by atoms with Crippen molar-refractivity contribution < 1.29 is 0 Å². The Morgan fingerprint density at radius 3 is 2.58 bits per heavy atom. The first-order valence-corrected chi connectivity index (χ1v) is 8.40. The normalized spacial score (nSPS) is 12.3. The Kier molecular flexibility index (Phi) is 6.01. The number of aliphatic imine (C=N–C) groups is 1. The molecular weight excluding hydrogens is 298 g/mol. The van der Waals surface area contributed by atoms with Crippen molar-refractivity contribution in [1.29, 1.82) is 0 Å². The van der Waals surface area contributed by atoms with Crippen LogP contribution in [0.25, 0.3) is 11.3 Å². The second kappa shape index (κ2) is 7.99. The largest absolute Gasteiger partial charge is 0.356 e. The van der Waals surface area contributed by atoms with E-state index in [0.29, 0.717) is 12.0 Å². The fourth-order valence-corrected chi connectivity index (χ4v) is 2.44. The molecular formula is C19H29N5. The van der Waals surface area contributed by atoms with Gasteiger partial charge >= 0.3 is 0 Å². The molecule has 2 N–H and O–H groups in total. The molecule has 1 aromatic heterocycles. The Balaban J connectivity index is 1.93. The number of aromatic nitrogens is 2. The summed E-state index contributed by atoms with van der Waals surface area (Å²) >= 11 is 0. The molecule has 130 valence electrons. The Morgan fingerprint density at radius 1 is 1.25 bits per heavy atom. The van der Waals surface area contributed by atoms with Gasteiger partial charge in [0.25, 0.3) is 0 Å². The van der Waals surface area contributed by atoms with E-state index in [1.54, 1.807) is 0 Å². The Labute approximate surface area is 145 Å². The van der Waals surface area contributed by atoms with Gasteiger partial charge in [-0.1, -0.05) is 51.1 Å². The molecule has 24 heavy (non-hydrogen) atoms. The fraction of sp³-hybridized carbons (Fsp3) is 0.474. The summed E-state index contributed by atoms with van der Waals surface area (Å²) in [7, 11) is 3.84. The van der Waals surface area contributed by atoms with Crippen molar-refractivity contribution in [2.24, 2.45) is 10.4 Å². The summed E-state index contributed by atoms with van der Waals surface area (Å²) in [5.41, 5.74) is 2.50. The lowest BCUT2D eigenvalue weighted by molar-refractivity contribution is 0.371. The SMILES string of the molecule is CN=C(NCCC(C)(C)C)N(C)Cc1ncc(-c2ccccc2)[nH]1. The molecule has 0 aliphatic heterocycles. The summed E-state index contributed by atoms with van der Waals surface area (Å²) < 4.78 is 0. The molecule has 0 aliphatic rings. The molecule has 1 aromatic carbocycles. The second-order valence-corrected chi connectivity index (χ2v) is 7.25. The highest BCUT2D eigenvalue weighted by molar-refractivity contribution is 5.79. The van der Waals surface area contributed by atoms with Gasteiger partial charge in [0, 0.05) is 20.6 Å². The van der Waals surface area contributed by atoms with E-state index in [1.165, 1.54) is 0 Å². The number of nitrogens with zero attached hydrogens (tertiary/aromatic N) is 3. The van der Waals surface area contributed by atoms with Crippen LogP contribution in [0, 0.1) is 5.41 Å². The molecule has 2 aromatic rings. The molecule has 0 unspecified atom stereocenters. The quantitative estimate of drug-likeness (QED) is 0.652. The van der Waals surface area contributed by atoms with Crippen LogP contribution in [0.15, 0.2) is 41.5 Å². The topological polar surface area (TPSA) is 56.3 Å². The van der Waals surface area contributed by atoms with Crippen molar-refractivity contribution >= 4 is 5.96 Å². The van der Waals surface area contributed by atoms with Crippen molar-refractivity contribution in [2.75, 3.05) is 20.6 Å². The van der Waals surface area contributed by atoms with Crippen LogP contribution in [0.4, 0.5) is 0 Å². The molecule has 0 saturated carbocycles. The van der Waals surface area contributed by atoms with Gasteiger partial charge in [-0.3, -0.25) is 4.99 Å². The van der Waals surface area contributed by atoms with E-state index >= 15 is 0 Å². The highest BCUT2D eigenvalue weighted by atomic mass is 15.3. The maximum atomic E-state index is 4.49. The molecule has 5 nitrogen and oxygen atoms in total. The molecule has 0 fully saturated rings. The number of guanidine groups is 1. The van der Waals surface area contributed by atoms with Gasteiger partial charge in [0.05, 0.1) is 18.4 Å². The zero-order valence-corrected chi connectivity index (χ0v) is 15.4. The molecule has 2 rings (SSSR count). The first-order chi connectivity index (χ1) is 11.4.